The van der Waals surface area contributed by atoms with Crippen LogP contribution in [-0.2, 0) is 4.74 Å². The maximum atomic E-state index is 5.48. The molecule has 16 heavy (non-hydrogen) atoms. The monoisotopic (exact) mass is 222 g/mol. The summed E-state index contributed by atoms with van der Waals surface area (Å²) in [5.74, 6) is 0.651. The summed E-state index contributed by atoms with van der Waals surface area (Å²) in [6.07, 6.45) is 7.06. The van der Waals surface area contributed by atoms with Crippen molar-refractivity contribution in [2.75, 3.05) is 0 Å². The maximum absolute atomic E-state index is 5.48. The SMILES string of the molecule is CC(N)=CC=NC1=CNNC(OC(C)C)=C1. The van der Waals surface area contributed by atoms with E-state index >= 15 is 0 Å². The van der Waals surface area contributed by atoms with Gasteiger partial charge in [-0.1, -0.05) is 0 Å². The molecule has 0 fully saturated rings. The Bertz CT molecular complexity index is 349. The van der Waals surface area contributed by atoms with Crippen LogP contribution in [0.4, 0.5) is 0 Å². The minimum atomic E-state index is 0.120. The quantitative estimate of drug-likeness (QED) is 0.624. The molecule has 0 atom stereocenters. The van der Waals surface area contributed by atoms with E-state index in [0.29, 0.717) is 11.6 Å². The molecule has 0 aromatic rings. The van der Waals surface area contributed by atoms with Gasteiger partial charge in [0.25, 0.3) is 0 Å². The number of nitrogens with two attached hydrogens (primary N) is 1. The molecule has 0 amide bonds. The molecule has 0 bridgehead atoms. The third-order valence-corrected chi connectivity index (χ3v) is 1.62. The molecule has 0 spiro atoms. The van der Waals surface area contributed by atoms with Gasteiger partial charge in [-0.15, -0.1) is 0 Å². The number of hydrogen-bond donors (Lipinski definition) is 3. The first-order valence-electron chi connectivity index (χ1n) is 5.14. The van der Waals surface area contributed by atoms with Gasteiger partial charge in [-0.3, -0.25) is 10.4 Å². The fourth-order valence-corrected chi connectivity index (χ4v) is 1.03. The number of rotatable bonds is 4. The van der Waals surface area contributed by atoms with E-state index in [-0.39, 0.29) is 6.10 Å². The van der Waals surface area contributed by atoms with Gasteiger partial charge in [-0.25, -0.2) is 0 Å². The number of nitrogens with one attached hydrogen (secondary N) is 2. The molecule has 5 nitrogen and oxygen atoms in total. The minimum absolute atomic E-state index is 0.120. The van der Waals surface area contributed by atoms with Crippen molar-refractivity contribution in [3.63, 3.8) is 0 Å². The van der Waals surface area contributed by atoms with Crippen molar-refractivity contribution in [1.29, 1.82) is 0 Å². The van der Waals surface area contributed by atoms with E-state index in [1.54, 1.807) is 18.5 Å². The van der Waals surface area contributed by atoms with E-state index in [2.05, 4.69) is 15.8 Å². The highest BCUT2D eigenvalue weighted by Gasteiger charge is 2.05. The smallest absolute Gasteiger partial charge is 0.208 e. The van der Waals surface area contributed by atoms with Crippen LogP contribution in [0.5, 0.6) is 0 Å². The van der Waals surface area contributed by atoms with Crippen LogP contribution >= 0.6 is 0 Å². The van der Waals surface area contributed by atoms with Gasteiger partial charge in [0.1, 0.15) is 0 Å². The average molecular weight is 222 g/mol. The van der Waals surface area contributed by atoms with E-state index in [9.17, 15) is 0 Å². The van der Waals surface area contributed by atoms with Gasteiger partial charge in [0, 0.05) is 24.2 Å². The lowest BCUT2D eigenvalue weighted by Crippen LogP contribution is -2.31. The van der Waals surface area contributed by atoms with Crippen molar-refractivity contribution in [3.8, 4) is 0 Å². The lowest BCUT2D eigenvalue weighted by molar-refractivity contribution is 0.125. The molecule has 0 aliphatic carbocycles. The molecule has 1 aliphatic rings. The first kappa shape index (κ1) is 12.2. The van der Waals surface area contributed by atoms with Gasteiger partial charge < -0.3 is 15.9 Å². The molecule has 0 aromatic heterocycles. The molecule has 0 saturated heterocycles. The Hall–Kier alpha value is -1.91. The van der Waals surface area contributed by atoms with Gasteiger partial charge in [0.05, 0.1) is 11.8 Å². The van der Waals surface area contributed by atoms with Gasteiger partial charge in [0.15, 0.2) is 0 Å². The van der Waals surface area contributed by atoms with Crippen molar-refractivity contribution < 1.29 is 4.74 Å². The van der Waals surface area contributed by atoms with E-state index < -0.39 is 0 Å². The summed E-state index contributed by atoms with van der Waals surface area (Å²) < 4.78 is 5.48. The molecule has 0 aromatic carbocycles. The zero-order valence-corrected chi connectivity index (χ0v) is 9.82. The van der Waals surface area contributed by atoms with E-state index in [1.165, 1.54) is 0 Å². The van der Waals surface area contributed by atoms with Crippen LogP contribution in [0.2, 0.25) is 0 Å². The maximum Gasteiger partial charge on any atom is 0.208 e. The molecule has 0 saturated carbocycles. The summed E-state index contributed by atoms with van der Waals surface area (Å²) in [6, 6.07) is 0. The number of aliphatic imine (C=N–C) groups is 1. The predicted octanol–water partition coefficient (Wildman–Crippen LogP) is 1.14. The summed E-state index contributed by atoms with van der Waals surface area (Å²) in [6.45, 7) is 5.73. The third kappa shape index (κ3) is 4.54. The number of hydrogen-bond acceptors (Lipinski definition) is 5. The number of ether oxygens (including phenoxy) is 1. The van der Waals surface area contributed by atoms with Crippen LogP contribution in [0.1, 0.15) is 20.8 Å². The second-order valence-corrected chi connectivity index (χ2v) is 3.70. The highest BCUT2D eigenvalue weighted by molar-refractivity contribution is 5.73. The molecule has 88 valence electrons. The molecular formula is C11H18N4O. The normalized spacial score (nSPS) is 16.6. The fraction of sp³-hybridized carbons (Fsp3) is 0.364. The Kier molecular flexibility index (Phi) is 4.44. The van der Waals surface area contributed by atoms with E-state index in [4.69, 9.17) is 10.5 Å². The third-order valence-electron chi connectivity index (χ3n) is 1.62. The summed E-state index contributed by atoms with van der Waals surface area (Å²) in [4.78, 5) is 4.20. The summed E-state index contributed by atoms with van der Waals surface area (Å²) in [5.41, 5.74) is 12.7. The fourth-order valence-electron chi connectivity index (χ4n) is 1.03. The Balaban J connectivity index is 2.61. The van der Waals surface area contributed by atoms with Crippen molar-refractivity contribution >= 4 is 6.21 Å². The molecule has 5 heteroatoms. The van der Waals surface area contributed by atoms with Gasteiger partial charge in [-0.2, -0.15) is 0 Å². The summed E-state index contributed by atoms with van der Waals surface area (Å²) in [7, 11) is 0. The van der Waals surface area contributed by atoms with Crippen LogP contribution in [0.25, 0.3) is 0 Å². The zero-order chi connectivity index (χ0) is 12.0. The lowest BCUT2D eigenvalue weighted by atomic mass is 10.4. The van der Waals surface area contributed by atoms with E-state index in [0.717, 1.165) is 5.70 Å². The number of nitrogens with zero attached hydrogens (tertiary/aromatic N) is 1. The lowest BCUT2D eigenvalue weighted by Gasteiger charge is -2.18. The van der Waals surface area contributed by atoms with Crippen molar-refractivity contribution in [3.05, 3.63) is 35.6 Å². The molecule has 1 heterocycles. The highest BCUT2D eigenvalue weighted by atomic mass is 16.5. The summed E-state index contributed by atoms with van der Waals surface area (Å²) in [5, 5.41) is 0. The number of allylic oxidation sites excluding steroid dienone is 3. The molecule has 0 radical (unpaired) electrons. The van der Waals surface area contributed by atoms with Crippen molar-refractivity contribution in [2.24, 2.45) is 10.7 Å². The van der Waals surface area contributed by atoms with Crippen molar-refractivity contribution in [1.82, 2.24) is 10.9 Å². The van der Waals surface area contributed by atoms with Crippen LogP contribution in [-0.4, -0.2) is 12.3 Å². The molecule has 4 N–H and O–H groups in total. The van der Waals surface area contributed by atoms with Gasteiger partial charge in [0.2, 0.25) is 5.88 Å². The van der Waals surface area contributed by atoms with Crippen LogP contribution in [0.15, 0.2) is 40.6 Å². The van der Waals surface area contributed by atoms with Crippen molar-refractivity contribution in [2.45, 2.75) is 26.9 Å². The molecular weight excluding hydrogens is 204 g/mol. The summed E-state index contributed by atoms with van der Waals surface area (Å²) >= 11 is 0. The highest BCUT2D eigenvalue weighted by Crippen LogP contribution is 2.07. The second-order valence-electron chi connectivity index (χ2n) is 3.70. The first-order valence-corrected chi connectivity index (χ1v) is 5.14. The largest absolute Gasteiger partial charge is 0.475 e. The van der Waals surface area contributed by atoms with Crippen LogP contribution in [0, 0.1) is 0 Å². The Morgan fingerprint density at radius 3 is 2.94 bits per heavy atom. The Morgan fingerprint density at radius 1 is 1.56 bits per heavy atom. The number of hydrazine groups is 1. The minimum Gasteiger partial charge on any atom is -0.475 e. The van der Waals surface area contributed by atoms with Crippen LogP contribution in [0.3, 0.4) is 0 Å². The Labute approximate surface area is 95.7 Å². The zero-order valence-electron chi connectivity index (χ0n) is 9.82. The average Bonchev–Trinajstić information content (AvgIpc) is 2.16. The topological polar surface area (TPSA) is 71.7 Å². The first-order chi connectivity index (χ1) is 7.58. The molecule has 1 aliphatic heterocycles. The molecule has 1 rings (SSSR count). The predicted molar refractivity (Wildman–Crippen MR) is 65.1 cm³/mol. The van der Waals surface area contributed by atoms with Gasteiger partial charge >= 0.3 is 0 Å². The van der Waals surface area contributed by atoms with Crippen LogP contribution < -0.4 is 16.6 Å². The Morgan fingerprint density at radius 2 is 2.31 bits per heavy atom. The second kappa shape index (κ2) is 5.85. The van der Waals surface area contributed by atoms with E-state index in [1.807, 2.05) is 26.8 Å². The molecule has 0 unspecified atom stereocenters. The standard InChI is InChI=1S/C11H18N4O/c1-8(2)16-11-6-10(7-14-15-11)13-5-4-9(3)12/h4-8,14-15H,12H2,1-3H3. The van der Waals surface area contributed by atoms with Gasteiger partial charge in [-0.05, 0) is 26.8 Å².